The number of aromatic amines is 1. The van der Waals surface area contributed by atoms with Crippen LogP contribution >= 0.6 is 0 Å². The highest BCUT2D eigenvalue weighted by molar-refractivity contribution is 6.08. The van der Waals surface area contributed by atoms with E-state index in [0.29, 0.717) is 10.9 Å². The fourth-order valence-electron chi connectivity index (χ4n) is 2.43. The topological polar surface area (TPSA) is 85.2 Å². The van der Waals surface area contributed by atoms with E-state index >= 15 is 0 Å². The molecule has 2 aromatic carbocycles. The quantitative estimate of drug-likeness (QED) is 0.455. The predicted molar refractivity (Wildman–Crippen MR) is 81.7 cm³/mol. The highest BCUT2D eigenvalue weighted by Crippen LogP contribution is 2.32. The molecule has 0 radical (unpaired) electrons. The van der Waals surface area contributed by atoms with Crippen LogP contribution in [-0.2, 0) is 4.74 Å². The van der Waals surface area contributed by atoms with Crippen LogP contribution in [0.5, 0.6) is 0 Å². The maximum atomic E-state index is 12.0. The summed E-state index contributed by atoms with van der Waals surface area (Å²) in [4.78, 5) is 25.7. The molecular weight excluding hydrogens is 284 g/mol. The first-order valence-electron chi connectivity index (χ1n) is 6.55. The van der Waals surface area contributed by atoms with Gasteiger partial charge in [0.15, 0.2) is 0 Å². The molecule has 3 aromatic rings. The number of hydrogen-bond donors (Lipinski definition) is 1. The van der Waals surface area contributed by atoms with Gasteiger partial charge in [-0.2, -0.15) is 0 Å². The van der Waals surface area contributed by atoms with E-state index in [1.165, 1.54) is 13.2 Å². The Morgan fingerprint density at radius 3 is 2.55 bits per heavy atom. The van der Waals surface area contributed by atoms with Gasteiger partial charge < -0.3 is 9.72 Å². The largest absolute Gasteiger partial charge is 0.465 e. The van der Waals surface area contributed by atoms with Gasteiger partial charge >= 0.3 is 5.97 Å². The maximum absolute atomic E-state index is 12.0. The van der Waals surface area contributed by atoms with Crippen LogP contribution in [0.25, 0.3) is 22.2 Å². The van der Waals surface area contributed by atoms with E-state index in [4.69, 9.17) is 4.74 Å². The lowest BCUT2D eigenvalue weighted by Crippen LogP contribution is -2.06. The number of nitro benzene ring substituents is 1. The third-order valence-corrected chi connectivity index (χ3v) is 3.45. The van der Waals surface area contributed by atoms with E-state index in [0.717, 1.165) is 11.3 Å². The summed E-state index contributed by atoms with van der Waals surface area (Å²) in [5.74, 6) is -0.726. The molecule has 0 aliphatic carbocycles. The number of nitrogens with zero attached hydrogens (tertiary/aromatic N) is 1. The molecule has 6 heteroatoms. The van der Waals surface area contributed by atoms with E-state index < -0.39 is 10.9 Å². The number of ether oxygens (including phenoxy) is 1. The Balaban J connectivity index is 2.28. The molecule has 0 saturated carbocycles. The lowest BCUT2D eigenvalue weighted by Gasteiger charge is -2.02. The van der Waals surface area contributed by atoms with E-state index in [2.05, 4.69) is 4.98 Å². The van der Waals surface area contributed by atoms with E-state index in [1.54, 1.807) is 12.1 Å². The van der Waals surface area contributed by atoms with E-state index in [1.807, 2.05) is 30.3 Å². The van der Waals surface area contributed by atoms with Crippen molar-refractivity contribution in [3.63, 3.8) is 0 Å². The number of carbonyl (C=O) groups is 1. The van der Waals surface area contributed by atoms with Gasteiger partial charge in [-0.05, 0) is 17.7 Å². The number of nitro groups is 1. The molecule has 1 aromatic heterocycles. The monoisotopic (exact) mass is 296 g/mol. The van der Waals surface area contributed by atoms with Crippen LogP contribution in [-0.4, -0.2) is 23.0 Å². The second-order valence-electron chi connectivity index (χ2n) is 4.72. The number of esters is 1. The predicted octanol–water partition coefficient (Wildman–Crippen LogP) is 3.53. The van der Waals surface area contributed by atoms with Crippen LogP contribution in [0.4, 0.5) is 5.69 Å². The summed E-state index contributed by atoms with van der Waals surface area (Å²) in [6.45, 7) is 0. The average Bonchev–Trinajstić information content (AvgIpc) is 2.98. The number of fused-ring (bicyclic) bond motifs is 1. The minimum absolute atomic E-state index is 0.0385. The first-order chi connectivity index (χ1) is 10.6. The zero-order valence-corrected chi connectivity index (χ0v) is 11.7. The van der Waals surface area contributed by atoms with Gasteiger partial charge in [0.05, 0.1) is 12.0 Å². The van der Waals surface area contributed by atoms with Crippen molar-refractivity contribution in [2.24, 2.45) is 0 Å². The Labute approximate surface area is 125 Å². The Bertz CT molecular complexity index is 868. The van der Waals surface area contributed by atoms with Gasteiger partial charge in [-0.1, -0.05) is 30.3 Å². The van der Waals surface area contributed by atoms with Gasteiger partial charge in [0, 0.05) is 22.7 Å². The molecule has 110 valence electrons. The third kappa shape index (κ3) is 2.20. The molecule has 0 amide bonds. The molecule has 1 heterocycles. The molecule has 0 saturated heterocycles. The van der Waals surface area contributed by atoms with Crippen molar-refractivity contribution in [1.29, 1.82) is 0 Å². The summed E-state index contributed by atoms with van der Waals surface area (Å²) in [7, 11) is 1.20. The van der Waals surface area contributed by atoms with Crippen LogP contribution in [0.15, 0.2) is 48.5 Å². The Morgan fingerprint density at radius 2 is 1.91 bits per heavy atom. The maximum Gasteiger partial charge on any atom is 0.345 e. The molecule has 3 rings (SSSR count). The van der Waals surface area contributed by atoms with Crippen molar-refractivity contribution in [3.05, 3.63) is 64.2 Å². The fraction of sp³-hybridized carbons (Fsp3) is 0.0625. The van der Waals surface area contributed by atoms with Crippen molar-refractivity contribution >= 4 is 22.6 Å². The first-order valence-corrected chi connectivity index (χ1v) is 6.55. The Kier molecular flexibility index (Phi) is 3.34. The molecule has 0 bridgehead atoms. The smallest absolute Gasteiger partial charge is 0.345 e. The minimum Gasteiger partial charge on any atom is -0.465 e. The summed E-state index contributed by atoms with van der Waals surface area (Å²) >= 11 is 0. The Morgan fingerprint density at radius 1 is 1.18 bits per heavy atom. The van der Waals surface area contributed by atoms with E-state index in [9.17, 15) is 14.9 Å². The number of rotatable bonds is 3. The number of benzene rings is 2. The summed E-state index contributed by atoms with van der Waals surface area (Å²) in [5, 5.41) is 11.6. The molecule has 0 aliphatic rings. The van der Waals surface area contributed by atoms with Crippen LogP contribution in [0, 0.1) is 10.1 Å². The number of aromatic nitrogens is 1. The van der Waals surface area contributed by atoms with Crippen LogP contribution in [0.1, 0.15) is 10.4 Å². The summed E-state index contributed by atoms with van der Waals surface area (Å²) < 4.78 is 4.69. The summed E-state index contributed by atoms with van der Waals surface area (Å²) in [5.41, 5.74) is 2.05. The molecule has 6 nitrogen and oxygen atoms in total. The zero-order chi connectivity index (χ0) is 15.7. The second-order valence-corrected chi connectivity index (χ2v) is 4.72. The van der Waals surface area contributed by atoms with Crippen molar-refractivity contribution in [1.82, 2.24) is 4.98 Å². The number of hydrogen-bond acceptors (Lipinski definition) is 4. The van der Waals surface area contributed by atoms with E-state index in [-0.39, 0.29) is 11.3 Å². The van der Waals surface area contributed by atoms with Crippen LogP contribution in [0.2, 0.25) is 0 Å². The molecule has 0 unspecified atom stereocenters. The standard InChI is InChI=1S/C16H12N2O4/c1-22-16(19)15-11-9-13(10-5-3-2-4-6-10)17-12(11)7-8-14(15)18(20)21/h2-9,17H,1H3. The third-order valence-electron chi connectivity index (χ3n) is 3.45. The fourth-order valence-corrected chi connectivity index (χ4v) is 2.43. The lowest BCUT2D eigenvalue weighted by atomic mass is 10.1. The summed E-state index contributed by atoms with van der Waals surface area (Å²) in [6.07, 6.45) is 0. The zero-order valence-electron chi connectivity index (χ0n) is 11.7. The van der Waals surface area contributed by atoms with Gasteiger partial charge in [0.25, 0.3) is 5.69 Å². The highest BCUT2D eigenvalue weighted by atomic mass is 16.6. The number of methoxy groups -OCH3 is 1. The molecule has 0 spiro atoms. The molecule has 22 heavy (non-hydrogen) atoms. The highest BCUT2D eigenvalue weighted by Gasteiger charge is 2.25. The van der Waals surface area contributed by atoms with Gasteiger partial charge in [0.2, 0.25) is 0 Å². The molecule has 0 fully saturated rings. The normalized spacial score (nSPS) is 10.6. The number of nitrogens with one attached hydrogen (secondary N) is 1. The molecular formula is C16H12N2O4. The molecule has 0 atom stereocenters. The van der Waals surface area contributed by atoms with Crippen molar-refractivity contribution < 1.29 is 14.5 Å². The number of carbonyl (C=O) groups excluding carboxylic acids is 1. The minimum atomic E-state index is -0.726. The average molecular weight is 296 g/mol. The van der Waals surface area contributed by atoms with Crippen LogP contribution in [0.3, 0.4) is 0 Å². The second kappa shape index (κ2) is 5.33. The molecule has 0 aliphatic heterocycles. The van der Waals surface area contributed by atoms with Crippen molar-refractivity contribution in [2.75, 3.05) is 7.11 Å². The summed E-state index contributed by atoms with van der Waals surface area (Å²) in [6, 6.07) is 14.1. The Hall–Kier alpha value is -3.15. The van der Waals surface area contributed by atoms with Crippen LogP contribution < -0.4 is 0 Å². The number of H-pyrrole nitrogens is 1. The van der Waals surface area contributed by atoms with Gasteiger partial charge in [-0.15, -0.1) is 0 Å². The first kappa shape index (κ1) is 13.8. The SMILES string of the molecule is COC(=O)c1c([N+](=O)[O-])ccc2[nH]c(-c3ccccc3)cc12. The van der Waals surface area contributed by atoms with Gasteiger partial charge in [0.1, 0.15) is 5.56 Å². The van der Waals surface area contributed by atoms with Crippen molar-refractivity contribution in [3.8, 4) is 11.3 Å². The van der Waals surface area contributed by atoms with Gasteiger partial charge in [-0.25, -0.2) is 4.79 Å². The van der Waals surface area contributed by atoms with Crippen molar-refractivity contribution in [2.45, 2.75) is 0 Å². The van der Waals surface area contributed by atoms with Gasteiger partial charge in [-0.3, -0.25) is 10.1 Å². The molecule has 1 N–H and O–H groups in total. The lowest BCUT2D eigenvalue weighted by molar-refractivity contribution is -0.385.